The second kappa shape index (κ2) is 4.77. The molecule has 0 spiro atoms. The number of carbonyl (C=O) groups is 1. The molecule has 1 atom stereocenters. The topological polar surface area (TPSA) is 65.2 Å². The molecule has 0 radical (unpaired) electrons. The standard InChI is InChI=1S/C10H14N4O/c15-10-13-9(7-12-14-10)11-6-8-4-2-1-3-5-8/h1-5,9,11-12H,6-7H2,(H2,13,14,15). The Morgan fingerprint density at radius 1 is 1.33 bits per heavy atom. The third-order valence-corrected chi connectivity index (χ3v) is 2.21. The maximum atomic E-state index is 11.0. The van der Waals surface area contributed by atoms with Crippen molar-refractivity contribution in [3.63, 3.8) is 0 Å². The zero-order chi connectivity index (χ0) is 10.5. The highest BCUT2D eigenvalue weighted by Gasteiger charge is 2.15. The van der Waals surface area contributed by atoms with Crippen LogP contribution in [0.4, 0.5) is 4.79 Å². The van der Waals surface area contributed by atoms with E-state index in [4.69, 9.17) is 0 Å². The summed E-state index contributed by atoms with van der Waals surface area (Å²) in [6.07, 6.45) is -0.0287. The van der Waals surface area contributed by atoms with Gasteiger partial charge >= 0.3 is 6.03 Å². The number of hydrogen-bond acceptors (Lipinski definition) is 3. The fourth-order valence-electron chi connectivity index (χ4n) is 1.44. The van der Waals surface area contributed by atoms with E-state index >= 15 is 0 Å². The first-order valence-electron chi connectivity index (χ1n) is 4.91. The summed E-state index contributed by atoms with van der Waals surface area (Å²) in [7, 11) is 0. The van der Waals surface area contributed by atoms with Gasteiger partial charge in [0.15, 0.2) is 0 Å². The number of urea groups is 1. The third kappa shape index (κ3) is 2.93. The molecule has 1 aliphatic rings. The van der Waals surface area contributed by atoms with Gasteiger partial charge in [0.2, 0.25) is 0 Å². The van der Waals surface area contributed by atoms with Crippen LogP contribution in [0.2, 0.25) is 0 Å². The predicted octanol–water partition coefficient (Wildman–Crippen LogP) is -0.0803. The van der Waals surface area contributed by atoms with Crippen molar-refractivity contribution < 1.29 is 4.79 Å². The molecule has 5 heteroatoms. The first-order chi connectivity index (χ1) is 7.34. The minimum Gasteiger partial charge on any atom is -0.320 e. The molecule has 1 aromatic rings. The van der Waals surface area contributed by atoms with E-state index in [1.807, 2.05) is 30.3 Å². The quantitative estimate of drug-likeness (QED) is 0.559. The lowest BCUT2D eigenvalue weighted by Crippen LogP contribution is -2.63. The minimum absolute atomic E-state index is 0.0287. The van der Waals surface area contributed by atoms with Gasteiger partial charge in [-0.25, -0.2) is 10.2 Å². The molecule has 1 aromatic carbocycles. The molecule has 4 N–H and O–H groups in total. The molecule has 1 heterocycles. The lowest BCUT2D eigenvalue weighted by molar-refractivity contribution is 0.216. The van der Waals surface area contributed by atoms with Crippen molar-refractivity contribution >= 4 is 6.03 Å². The summed E-state index contributed by atoms with van der Waals surface area (Å²) >= 11 is 0. The maximum absolute atomic E-state index is 11.0. The zero-order valence-corrected chi connectivity index (χ0v) is 8.29. The SMILES string of the molecule is O=C1NNCC(NCc2ccccc2)N1. The largest absolute Gasteiger partial charge is 0.330 e. The summed E-state index contributed by atoms with van der Waals surface area (Å²) in [6, 6.07) is 9.86. The van der Waals surface area contributed by atoms with Crippen LogP contribution in [0.3, 0.4) is 0 Å². The van der Waals surface area contributed by atoms with Gasteiger partial charge in [0.05, 0.1) is 6.17 Å². The summed E-state index contributed by atoms with van der Waals surface area (Å²) in [6.45, 7) is 1.41. The molecule has 0 aliphatic carbocycles. The number of rotatable bonds is 3. The Bertz CT molecular complexity index is 327. The summed E-state index contributed by atoms with van der Waals surface area (Å²) < 4.78 is 0. The van der Waals surface area contributed by atoms with Crippen LogP contribution in [0, 0.1) is 0 Å². The van der Waals surface area contributed by atoms with Gasteiger partial charge < -0.3 is 5.32 Å². The fraction of sp³-hybridized carbons (Fsp3) is 0.300. The van der Waals surface area contributed by atoms with Crippen molar-refractivity contribution in [1.82, 2.24) is 21.5 Å². The van der Waals surface area contributed by atoms with Crippen LogP contribution in [0.25, 0.3) is 0 Å². The Morgan fingerprint density at radius 2 is 2.13 bits per heavy atom. The monoisotopic (exact) mass is 206 g/mol. The van der Waals surface area contributed by atoms with Gasteiger partial charge in [-0.2, -0.15) is 0 Å². The van der Waals surface area contributed by atoms with E-state index in [1.54, 1.807) is 0 Å². The summed E-state index contributed by atoms with van der Waals surface area (Å²) in [4.78, 5) is 11.0. The molecule has 1 unspecified atom stereocenters. The number of benzene rings is 1. The first-order valence-corrected chi connectivity index (χ1v) is 4.91. The smallest absolute Gasteiger partial charge is 0.320 e. The van der Waals surface area contributed by atoms with E-state index in [0.29, 0.717) is 6.54 Å². The molecule has 0 saturated carbocycles. The molecule has 1 fully saturated rings. The van der Waals surface area contributed by atoms with Crippen molar-refractivity contribution in [3.05, 3.63) is 35.9 Å². The van der Waals surface area contributed by atoms with Gasteiger partial charge in [-0.1, -0.05) is 30.3 Å². The number of nitrogens with one attached hydrogen (secondary N) is 4. The van der Waals surface area contributed by atoms with Crippen LogP contribution < -0.4 is 21.5 Å². The van der Waals surface area contributed by atoms with E-state index in [2.05, 4.69) is 21.5 Å². The third-order valence-electron chi connectivity index (χ3n) is 2.21. The van der Waals surface area contributed by atoms with Crippen LogP contribution in [0.15, 0.2) is 30.3 Å². The van der Waals surface area contributed by atoms with E-state index < -0.39 is 0 Å². The van der Waals surface area contributed by atoms with Gasteiger partial charge in [0.1, 0.15) is 0 Å². The average molecular weight is 206 g/mol. The Balaban J connectivity index is 1.80. The van der Waals surface area contributed by atoms with Crippen molar-refractivity contribution in [2.75, 3.05) is 6.54 Å². The molecule has 15 heavy (non-hydrogen) atoms. The molecular formula is C10H14N4O. The van der Waals surface area contributed by atoms with E-state index in [9.17, 15) is 4.79 Å². The maximum Gasteiger partial charge on any atom is 0.330 e. The van der Waals surface area contributed by atoms with Gasteiger partial charge in [0, 0.05) is 13.1 Å². The minimum atomic E-state index is -0.202. The molecule has 2 amide bonds. The second-order valence-corrected chi connectivity index (χ2v) is 3.40. The molecule has 1 aliphatic heterocycles. The highest BCUT2D eigenvalue weighted by atomic mass is 16.2. The van der Waals surface area contributed by atoms with Gasteiger partial charge in [-0.3, -0.25) is 10.7 Å². The van der Waals surface area contributed by atoms with Crippen molar-refractivity contribution in [2.24, 2.45) is 0 Å². The van der Waals surface area contributed by atoms with Crippen LogP contribution >= 0.6 is 0 Å². The lowest BCUT2D eigenvalue weighted by atomic mass is 10.2. The van der Waals surface area contributed by atoms with Gasteiger partial charge in [0.25, 0.3) is 0 Å². The molecule has 2 rings (SSSR count). The number of hydrazine groups is 1. The Kier molecular flexibility index (Phi) is 3.16. The van der Waals surface area contributed by atoms with Crippen LogP contribution in [-0.4, -0.2) is 18.7 Å². The van der Waals surface area contributed by atoms with Crippen LogP contribution in [-0.2, 0) is 6.54 Å². The van der Waals surface area contributed by atoms with Crippen molar-refractivity contribution in [1.29, 1.82) is 0 Å². The zero-order valence-electron chi connectivity index (χ0n) is 8.29. The fourth-order valence-corrected chi connectivity index (χ4v) is 1.44. The van der Waals surface area contributed by atoms with Crippen LogP contribution in [0.5, 0.6) is 0 Å². The number of amides is 2. The predicted molar refractivity (Wildman–Crippen MR) is 56.7 cm³/mol. The molecule has 5 nitrogen and oxygen atoms in total. The Morgan fingerprint density at radius 3 is 2.87 bits per heavy atom. The highest BCUT2D eigenvalue weighted by Crippen LogP contribution is 1.97. The van der Waals surface area contributed by atoms with Crippen molar-refractivity contribution in [2.45, 2.75) is 12.7 Å². The Hall–Kier alpha value is -1.59. The van der Waals surface area contributed by atoms with E-state index in [-0.39, 0.29) is 12.2 Å². The number of carbonyl (C=O) groups excluding carboxylic acids is 1. The first kappa shape index (κ1) is 9.95. The van der Waals surface area contributed by atoms with Crippen molar-refractivity contribution in [3.8, 4) is 0 Å². The number of hydrogen-bond donors (Lipinski definition) is 4. The van der Waals surface area contributed by atoms with Gasteiger partial charge in [-0.15, -0.1) is 0 Å². The normalized spacial score (nSPS) is 20.5. The van der Waals surface area contributed by atoms with E-state index in [1.165, 1.54) is 5.56 Å². The lowest BCUT2D eigenvalue weighted by Gasteiger charge is -2.25. The second-order valence-electron chi connectivity index (χ2n) is 3.40. The summed E-state index contributed by atoms with van der Waals surface area (Å²) in [5.74, 6) is 0. The summed E-state index contributed by atoms with van der Waals surface area (Å²) in [5, 5.41) is 6.00. The molecule has 0 aromatic heterocycles. The average Bonchev–Trinajstić information content (AvgIpc) is 2.28. The molecular weight excluding hydrogens is 192 g/mol. The summed E-state index contributed by atoms with van der Waals surface area (Å²) in [5.41, 5.74) is 6.47. The van der Waals surface area contributed by atoms with E-state index in [0.717, 1.165) is 6.54 Å². The molecule has 80 valence electrons. The molecule has 0 bridgehead atoms. The highest BCUT2D eigenvalue weighted by molar-refractivity contribution is 5.74. The van der Waals surface area contributed by atoms with Gasteiger partial charge in [-0.05, 0) is 5.56 Å². The Labute approximate surface area is 88.2 Å². The van der Waals surface area contributed by atoms with Crippen LogP contribution in [0.1, 0.15) is 5.56 Å². The molecule has 1 saturated heterocycles.